The van der Waals surface area contributed by atoms with Crippen LogP contribution >= 0.6 is 0 Å². The van der Waals surface area contributed by atoms with Gasteiger partial charge in [-0.3, -0.25) is 19.2 Å². The quantitative estimate of drug-likeness (QED) is 0.0550. The maximum absolute atomic E-state index is 14.6. The van der Waals surface area contributed by atoms with E-state index in [1.165, 1.54) is 0 Å². The third-order valence-electron chi connectivity index (χ3n) is 11.6. The molecule has 0 aromatic carbocycles. The van der Waals surface area contributed by atoms with Gasteiger partial charge in [0.15, 0.2) is 30.9 Å². The van der Waals surface area contributed by atoms with Crippen LogP contribution < -0.4 is 31.9 Å². The number of aliphatic hydroxyl groups is 1. The van der Waals surface area contributed by atoms with Crippen molar-refractivity contribution < 1.29 is 110 Å². The molecule has 0 radical (unpaired) electrons. The van der Waals surface area contributed by atoms with Crippen LogP contribution in [0.15, 0.2) is 0 Å². The second-order valence-corrected chi connectivity index (χ2v) is 25.2. The van der Waals surface area contributed by atoms with E-state index < -0.39 is 181 Å². The Bertz CT molecular complexity index is 2250. The van der Waals surface area contributed by atoms with E-state index in [1.807, 2.05) is 0 Å². The Morgan fingerprint density at radius 1 is 0.530 bits per heavy atom. The standard InChI is InChI=1S/C54H90N6O23/c1-27(62)72-35(21-23-55-45(67)79-50(4,5)6)42(66)57-32-25-33(59-48(70)82-53(13,14)15)39(77-43-31(58-47(69)81-52(10,11)12)20-19-30(75-43)26-56-46(68)80-51(7,8)9)37(65)38(32)78-44-41(74-29(3)64)36(60-49(71)83-54(16,17)18)40(73-28(2)63)34(76-44)22-24-61/h24,30-41,43-44,65H,19-23,25-26H2,1-18H3,(H,55,67)(H,56,68)(H,57,66)(H,58,69)(H,59,70)(H,60,71)/t30?,31?,32-,33-,34?,35+,36+,37?,38+,39?,40+,41?,43-,44-/m1/s1. The molecule has 3 rings (SSSR count). The van der Waals surface area contributed by atoms with Gasteiger partial charge in [0, 0.05) is 46.7 Å². The van der Waals surface area contributed by atoms with Crippen LogP contribution in [-0.4, -0.2) is 192 Å². The minimum absolute atomic E-state index is 0.115. The SMILES string of the molecule is CC(=O)OC1[C@@H](O[C@@H]2C(O)C(O[C@H]3OC(CNC(=O)OC(C)(C)C)CCC3NC(=O)OC(C)(C)C)[C@H](NC(=O)OC(C)(C)C)C[C@H]2NC(=O)[C@H](CCNC(=O)OC(C)(C)C)OC(C)=O)OC(CC=O)[C@H](OC(C)=O)[C@@H]1NC(=O)OC(C)(C)C. The molecule has 0 spiro atoms. The Labute approximate surface area is 484 Å². The Hall–Kier alpha value is -6.30. The predicted molar refractivity (Wildman–Crippen MR) is 289 cm³/mol. The molecule has 0 aromatic rings. The second-order valence-electron chi connectivity index (χ2n) is 25.2. The van der Waals surface area contributed by atoms with Gasteiger partial charge in [-0.15, -0.1) is 0 Å². The van der Waals surface area contributed by atoms with E-state index in [4.69, 9.17) is 56.8 Å². The molecule has 0 bridgehead atoms. The number of esters is 3. The third kappa shape index (κ3) is 26.0. The van der Waals surface area contributed by atoms with Gasteiger partial charge in [0.1, 0.15) is 64.7 Å². The summed E-state index contributed by atoms with van der Waals surface area (Å²) in [6.45, 7) is 27.0. The van der Waals surface area contributed by atoms with Gasteiger partial charge in [0.05, 0.1) is 24.2 Å². The summed E-state index contributed by atoms with van der Waals surface area (Å²) < 4.78 is 70.3. The van der Waals surface area contributed by atoms with Crippen LogP contribution in [0.4, 0.5) is 24.0 Å². The highest BCUT2D eigenvalue weighted by Gasteiger charge is 2.56. The fourth-order valence-electron chi connectivity index (χ4n) is 8.76. The summed E-state index contributed by atoms with van der Waals surface area (Å²) in [5.41, 5.74) is -4.93. The summed E-state index contributed by atoms with van der Waals surface area (Å²) in [5.74, 6) is -3.83. The number of ether oxygens (including phenoxy) is 12. The molecule has 29 heteroatoms. The molecule has 2 saturated heterocycles. The molecule has 474 valence electrons. The van der Waals surface area contributed by atoms with Gasteiger partial charge in [-0.05, 0) is 123 Å². The lowest BCUT2D eigenvalue weighted by Crippen LogP contribution is -2.71. The van der Waals surface area contributed by atoms with Gasteiger partial charge < -0.3 is 98.6 Å². The van der Waals surface area contributed by atoms with E-state index >= 15 is 0 Å². The van der Waals surface area contributed by atoms with Gasteiger partial charge in [0.2, 0.25) is 0 Å². The second kappa shape index (κ2) is 30.0. The van der Waals surface area contributed by atoms with E-state index in [9.17, 15) is 53.1 Å². The lowest BCUT2D eigenvalue weighted by molar-refractivity contribution is -0.315. The maximum atomic E-state index is 14.6. The fourth-order valence-corrected chi connectivity index (χ4v) is 8.76. The first-order chi connectivity index (χ1) is 38.0. The first-order valence-corrected chi connectivity index (χ1v) is 27.5. The van der Waals surface area contributed by atoms with E-state index in [-0.39, 0.29) is 32.4 Å². The highest BCUT2D eigenvalue weighted by atomic mass is 16.7. The summed E-state index contributed by atoms with van der Waals surface area (Å²) >= 11 is 0. The van der Waals surface area contributed by atoms with Crippen LogP contribution in [0.25, 0.3) is 0 Å². The van der Waals surface area contributed by atoms with Gasteiger partial charge in [-0.2, -0.15) is 0 Å². The van der Waals surface area contributed by atoms with E-state index in [0.29, 0.717) is 6.29 Å². The van der Waals surface area contributed by atoms with Crippen molar-refractivity contribution in [3.63, 3.8) is 0 Å². The van der Waals surface area contributed by atoms with Gasteiger partial charge in [-0.1, -0.05) is 0 Å². The summed E-state index contributed by atoms with van der Waals surface area (Å²) in [5, 5.41) is 28.9. The molecule has 3 fully saturated rings. The lowest BCUT2D eigenvalue weighted by atomic mass is 9.83. The summed E-state index contributed by atoms with van der Waals surface area (Å²) in [6.07, 6.45) is -21.8. The average molecular weight is 1190 g/mol. The van der Waals surface area contributed by atoms with Crippen molar-refractivity contribution in [2.75, 3.05) is 13.1 Å². The molecule has 29 nitrogen and oxygen atoms in total. The molecule has 1 saturated carbocycles. The Balaban J connectivity index is 2.34. The normalized spacial score (nSPS) is 27.1. The fraction of sp³-hybridized carbons (Fsp3) is 0.815. The number of aliphatic hydroxyl groups excluding tert-OH is 1. The van der Waals surface area contributed by atoms with Crippen LogP contribution in [-0.2, 0) is 80.8 Å². The third-order valence-corrected chi connectivity index (χ3v) is 11.6. The van der Waals surface area contributed by atoms with Crippen LogP contribution in [0.3, 0.4) is 0 Å². The van der Waals surface area contributed by atoms with Crippen molar-refractivity contribution in [2.45, 2.75) is 270 Å². The van der Waals surface area contributed by atoms with Crippen LogP contribution in [0.2, 0.25) is 0 Å². The van der Waals surface area contributed by atoms with Gasteiger partial charge >= 0.3 is 48.4 Å². The van der Waals surface area contributed by atoms with E-state index in [1.54, 1.807) is 104 Å². The Morgan fingerprint density at radius 2 is 0.976 bits per heavy atom. The largest absolute Gasteiger partial charge is 0.457 e. The maximum Gasteiger partial charge on any atom is 0.408 e. The van der Waals surface area contributed by atoms with Crippen molar-refractivity contribution in [3.05, 3.63) is 0 Å². The predicted octanol–water partition coefficient (Wildman–Crippen LogP) is 3.74. The number of amides is 6. The average Bonchev–Trinajstić information content (AvgIpc) is 2.05. The van der Waals surface area contributed by atoms with Crippen LogP contribution in [0.1, 0.15) is 157 Å². The van der Waals surface area contributed by atoms with Crippen molar-refractivity contribution >= 4 is 60.6 Å². The summed E-state index contributed by atoms with van der Waals surface area (Å²) in [7, 11) is 0. The zero-order valence-electron chi connectivity index (χ0n) is 51.0. The first kappa shape index (κ1) is 71.0. The lowest BCUT2D eigenvalue weighted by Gasteiger charge is -2.50. The number of carbonyl (C=O) groups is 10. The first-order valence-electron chi connectivity index (χ1n) is 27.5. The molecule has 83 heavy (non-hydrogen) atoms. The molecule has 3 aliphatic rings. The molecule has 6 amide bonds. The monoisotopic (exact) mass is 1190 g/mol. The Kier molecular flexibility index (Phi) is 25.6. The van der Waals surface area contributed by atoms with Gasteiger partial charge in [0.25, 0.3) is 5.91 Å². The van der Waals surface area contributed by atoms with Gasteiger partial charge in [-0.25, -0.2) is 24.0 Å². The number of hydrogen-bond acceptors (Lipinski definition) is 23. The van der Waals surface area contributed by atoms with Crippen LogP contribution in [0.5, 0.6) is 0 Å². The minimum Gasteiger partial charge on any atom is -0.457 e. The van der Waals surface area contributed by atoms with E-state index in [2.05, 4.69) is 31.9 Å². The molecular weight excluding hydrogens is 1100 g/mol. The molecule has 14 atom stereocenters. The number of carbonyl (C=O) groups excluding carboxylic acids is 10. The molecule has 2 aliphatic heterocycles. The van der Waals surface area contributed by atoms with Crippen LogP contribution in [0, 0.1) is 0 Å². The topological polar surface area (TPSA) is 374 Å². The molecule has 0 aromatic heterocycles. The number of aldehydes is 1. The number of rotatable bonds is 19. The zero-order chi connectivity index (χ0) is 63.2. The summed E-state index contributed by atoms with van der Waals surface area (Å²) in [6, 6.07) is -5.66. The highest BCUT2D eigenvalue weighted by Crippen LogP contribution is 2.36. The Morgan fingerprint density at radius 3 is 1.46 bits per heavy atom. The molecular formula is C54H90N6O23. The number of alkyl carbamates (subject to hydrolysis) is 5. The van der Waals surface area contributed by atoms with Crippen molar-refractivity contribution in [1.29, 1.82) is 0 Å². The minimum atomic E-state index is -2.10. The molecule has 2 heterocycles. The smallest absolute Gasteiger partial charge is 0.408 e. The number of hydrogen-bond donors (Lipinski definition) is 7. The molecule has 1 aliphatic carbocycles. The van der Waals surface area contributed by atoms with Crippen molar-refractivity contribution in [3.8, 4) is 0 Å². The molecule has 6 unspecified atom stereocenters. The van der Waals surface area contributed by atoms with Crippen molar-refractivity contribution in [1.82, 2.24) is 31.9 Å². The van der Waals surface area contributed by atoms with E-state index in [0.717, 1.165) is 20.8 Å². The zero-order valence-corrected chi connectivity index (χ0v) is 51.0. The summed E-state index contributed by atoms with van der Waals surface area (Å²) in [4.78, 5) is 132. The number of nitrogens with one attached hydrogen (secondary N) is 6. The molecule has 7 N–H and O–H groups in total. The van der Waals surface area contributed by atoms with Crippen molar-refractivity contribution in [2.24, 2.45) is 0 Å². The highest BCUT2D eigenvalue weighted by molar-refractivity contribution is 5.84.